The summed E-state index contributed by atoms with van der Waals surface area (Å²) in [6.45, 7) is 0.357. The van der Waals surface area contributed by atoms with Crippen LogP contribution in [0.25, 0.3) is 5.69 Å². The average Bonchev–Trinajstić information content (AvgIpc) is 3.11. The second kappa shape index (κ2) is 6.69. The van der Waals surface area contributed by atoms with Crippen LogP contribution in [0, 0.1) is 0 Å². The van der Waals surface area contributed by atoms with Crippen molar-refractivity contribution < 1.29 is 9.53 Å². The minimum absolute atomic E-state index is 0.259. The molecule has 0 bridgehead atoms. The Kier molecular flexibility index (Phi) is 4.28. The smallest absolute Gasteiger partial charge is 0.273 e. The van der Waals surface area contributed by atoms with E-state index < -0.39 is 0 Å². The molecule has 116 valence electrons. The summed E-state index contributed by atoms with van der Waals surface area (Å²) in [5.41, 5.74) is 1.95. The number of rotatable bonds is 5. The zero-order valence-electron chi connectivity index (χ0n) is 12.5. The largest absolute Gasteiger partial charge is 0.481 e. The average molecular weight is 309 g/mol. The molecule has 1 amide bonds. The maximum Gasteiger partial charge on any atom is 0.273 e. The van der Waals surface area contributed by atoms with E-state index >= 15 is 0 Å². The van der Waals surface area contributed by atoms with Gasteiger partial charge in [-0.25, -0.2) is 4.98 Å². The third-order valence-electron chi connectivity index (χ3n) is 3.17. The highest BCUT2D eigenvalue weighted by Gasteiger charge is 2.11. The van der Waals surface area contributed by atoms with Crippen LogP contribution in [0.1, 0.15) is 16.1 Å². The second-order valence-corrected chi connectivity index (χ2v) is 4.74. The summed E-state index contributed by atoms with van der Waals surface area (Å²) in [5.74, 6) is 0.217. The van der Waals surface area contributed by atoms with Gasteiger partial charge in [-0.2, -0.15) is 9.90 Å². The number of methoxy groups -OCH3 is 1. The monoisotopic (exact) mass is 309 g/mol. The van der Waals surface area contributed by atoms with Gasteiger partial charge in [0.05, 0.1) is 19.0 Å². The summed E-state index contributed by atoms with van der Waals surface area (Å²) < 4.78 is 5.05. The molecule has 23 heavy (non-hydrogen) atoms. The Hall–Kier alpha value is -3.22. The fourth-order valence-electron chi connectivity index (χ4n) is 2.00. The number of carbonyl (C=O) groups excluding carboxylic acids is 1. The Morgan fingerprint density at radius 3 is 2.87 bits per heavy atom. The van der Waals surface area contributed by atoms with E-state index in [9.17, 15) is 4.79 Å². The topological polar surface area (TPSA) is 81.9 Å². The number of nitrogens with zero attached hydrogens (tertiary/aromatic N) is 4. The lowest BCUT2D eigenvalue weighted by Gasteiger charge is -2.04. The quantitative estimate of drug-likeness (QED) is 0.774. The molecule has 2 aromatic heterocycles. The van der Waals surface area contributed by atoms with Gasteiger partial charge in [-0.05, 0) is 23.8 Å². The van der Waals surface area contributed by atoms with Crippen LogP contribution in [0.4, 0.5) is 0 Å². The van der Waals surface area contributed by atoms with Crippen molar-refractivity contribution in [1.82, 2.24) is 25.3 Å². The number of amides is 1. The lowest BCUT2D eigenvalue weighted by molar-refractivity contribution is 0.0945. The molecule has 3 rings (SSSR count). The molecule has 0 saturated heterocycles. The van der Waals surface area contributed by atoms with Crippen molar-refractivity contribution in [2.24, 2.45) is 0 Å². The van der Waals surface area contributed by atoms with Gasteiger partial charge in [0.15, 0.2) is 5.69 Å². The van der Waals surface area contributed by atoms with Crippen molar-refractivity contribution >= 4 is 5.91 Å². The number of ether oxygens (including phenoxy) is 1. The first-order chi connectivity index (χ1) is 11.3. The van der Waals surface area contributed by atoms with Gasteiger partial charge in [-0.15, -0.1) is 5.10 Å². The lowest BCUT2D eigenvalue weighted by Crippen LogP contribution is -2.23. The first kappa shape index (κ1) is 14.7. The van der Waals surface area contributed by atoms with E-state index in [0.29, 0.717) is 12.4 Å². The fraction of sp³-hybridized carbons (Fsp3) is 0.125. The highest BCUT2D eigenvalue weighted by atomic mass is 16.5. The van der Waals surface area contributed by atoms with Crippen LogP contribution < -0.4 is 10.1 Å². The molecule has 7 nitrogen and oxygen atoms in total. The molecule has 0 atom stereocenters. The van der Waals surface area contributed by atoms with Crippen molar-refractivity contribution in [3.63, 3.8) is 0 Å². The standard InChI is InChI=1S/C16H15N5O2/c1-23-15-9-12(7-8-17-15)10-18-16(22)14-11-19-21(20-14)13-5-3-2-4-6-13/h2-9,11H,10H2,1H3,(H,18,22). The molecular weight excluding hydrogens is 294 g/mol. The molecule has 0 unspecified atom stereocenters. The highest BCUT2D eigenvalue weighted by molar-refractivity contribution is 5.91. The van der Waals surface area contributed by atoms with Crippen LogP contribution in [0.2, 0.25) is 0 Å². The molecule has 3 aromatic rings. The molecule has 1 aromatic carbocycles. The first-order valence-corrected chi connectivity index (χ1v) is 7.01. The van der Waals surface area contributed by atoms with Crippen molar-refractivity contribution in [2.75, 3.05) is 7.11 Å². The number of pyridine rings is 1. The second-order valence-electron chi connectivity index (χ2n) is 4.74. The van der Waals surface area contributed by atoms with Crippen LogP contribution in [-0.2, 0) is 6.54 Å². The molecule has 2 heterocycles. The van der Waals surface area contributed by atoms with Gasteiger partial charge in [0.2, 0.25) is 5.88 Å². The van der Waals surface area contributed by atoms with Crippen LogP contribution >= 0.6 is 0 Å². The number of para-hydroxylation sites is 1. The molecule has 7 heteroatoms. The summed E-state index contributed by atoms with van der Waals surface area (Å²) in [6.07, 6.45) is 3.07. The molecule has 0 saturated carbocycles. The third-order valence-corrected chi connectivity index (χ3v) is 3.17. The van der Waals surface area contributed by atoms with Crippen molar-refractivity contribution in [1.29, 1.82) is 0 Å². The number of aromatic nitrogens is 4. The molecular formula is C16H15N5O2. The van der Waals surface area contributed by atoms with E-state index in [2.05, 4.69) is 20.5 Å². The van der Waals surface area contributed by atoms with Gasteiger partial charge in [0.25, 0.3) is 5.91 Å². The minimum Gasteiger partial charge on any atom is -0.481 e. The number of nitrogens with one attached hydrogen (secondary N) is 1. The minimum atomic E-state index is -0.289. The van der Waals surface area contributed by atoms with E-state index in [1.54, 1.807) is 19.4 Å². The number of carbonyl (C=O) groups is 1. The molecule has 0 aliphatic heterocycles. The maximum atomic E-state index is 12.1. The molecule has 0 aliphatic carbocycles. The summed E-state index contributed by atoms with van der Waals surface area (Å²) >= 11 is 0. The van der Waals surface area contributed by atoms with Gasteiger partial charge in [0.1, 0.15) is 0 Å². The summed E-state index contributed by atoms with van der Waals surface area (Å²) in [6, 6.07) is 13.0. The SMILES string of the molecule is COc1cc(CNC(=O)c2cnn(-c3ccccc3)n2)ccn1. The van der Waals surface area contributed by atoms with Crippen LogP contribution in [-0.4, -0.2) is 33.0 Å². The number of hydrogen-bond acceptors (Lipinski definition) is 5. The van der Waals surface area contributed by atoms with Crippen molar-refractivity contribution in [2.45, 2.75) is 6.54 Å². The molecule has 0 spiro atoms. The van der Waals surface area contributed by atoms with E-state index in [1.807, 2.05) is 36.4 Å². The van der Waals surface area contributed by atoms with E-state index in [-0.39, 0.29) is 11.6 Å². The lowest BCUT2D eigenvalue weighted by atomic mass is 10.2. The van der Waals surface area contributed by atoms with Crippen LogP contribution in [0.3, 0.4) is 0 Å². The summed E-state index contributed by atoms with van der Waals surface area (Å²) in [7, 11) is 1.55. The molecule has 0 fully saturated rings. The van der Waals surface area contributed by atoms with Gasteiger partial charge >= 0.3 is 0 Å². The van der Waals surface area contributed by atoms with Crippen LogP contribution in [0.5, 0.6) is 5.88 Å². The predicted octanol–water partition coefficient (Wildman–Crippen LogP) is 1.60. The van der Waals surface area contributed by atoms with Gasteiger partial charge in [-0.3, -0.25) is 4.79 Å². The summed E-state index contributed by atoms with van der Waals surface area (Å²) in [5, 5.41) is 11.1. The Bertz CT molecular complexity index is 801. The molecule has 0 radical (unpaired) electrons. The van der Waals surface area contributed by atoms with Crippen LogP contribution in [0.15, 0.2) is 54.9 Å². The molecule has 0 aliphatic rings. The van der Waals surface area contributed by atoms with Gasteiger partial charge in [0, 0.05) is 18.8 Å². The zero-order chi connectivity index (χ0) is 16.1. The third kappa shape index (κ3) is 3.52. The Morgan fingerprint density at radius 1 is 1.26 bits per heavy atom. The number of hydrogen-bond donors (Lipinski definition) is 1. The Labute approximate surface area is 132 Å². The maximum absolute atomic E-state index is 12.1. The number of benzene rings is 1. The van der Waals surface area contributed by atoms with Crippen molar-refractivity contribution in [3.8, 4) is 11.6 Å². The zero-order valence-corrected chi connectivity index (χ0v) is 12.5. The fourth-order valence-corrected chi connectivity index (χ4v) is 2.00. The normalized spacial score (nSPS) is 10.3. The van der Waals surface area contributed by atoms with E-state index in [1.165, 1.54) is 11.0 Å². The first-order valence-electron chi connectivity index (χ1n) is 7.01. The van der Waals surface area contributed by atoms with Crippen molar-refractivity contribution in [3.05, 3.63) is 66.1 Å². The Balaban J connectivity index is 1.66. The predicted molar refractivity (Wildman–Crippen MR) is 83.3 cm³/mol. The molecule has 1 N–H and O–H groups in total. The highest BCUT2D eigenvalue weighted by Crippen LogP contribution is 2.08. The summed E-state index contributed by atoms with van der Waals surface area (Å²) in [4.78, 5) is 17.6. The van der Waals surface area contributed by atoms with E-state index in [0.717, 1.165) is 11.3 Å². The Morgan fingerprint density at radius 2 is 2.09 bits per heavy atom. The van der Waals surface area contributed by atoms with Gasteiger partial charge in [-0.1, -0.05) is 18.2 Å². The van der Waals surface area contributed by atoms with E-state index in [4.69, 9.17) is 4.74 Å². The van der Waals surface area contributed by atoms with Gasteiger partial charge < -0.3 is 10.1 Å².